The van der Waals surface area contributed by atoms with Crippen LogP contribution in [0.25, 0.3) is 0 Å². The zero-order valence-electron chi connectivity index (χ0n) is 10.2. The van der Waals surface area contributed by atoms with Gasteiger partial charge in [-0.25, -0.2) is 14.0 Å². The third-order valence-corrected chi connectivity index (χ3v) is 3.34. The molecule has 1 heterocycles. The molecule has 0 radical (unpaired) electrons. The number of carboxylic acids is 1. The lowest BCUT2D eigenvalue weighted by Gasteiger charge is -2.08. The molecule has 104 valence electrons. The Morgan fingerprint density at radius 1 is 1.30 bits per heavy atom. The van der Waals surface area contributed by atoms with Crippen molar-refractivity contribution in [2.75, 3.05) is 5.32 Å². The van der Waals surface area contributed by atoms with E-state index in [1.165, 1.54) is 23.5 Å². The fraction of sp³-hybridized carbons (Fsp3) is 0.0769. The second-order valence-electron chi connectivity index (χ2n) is 3.89. The lowest BCUT2D eigenvalue weighted by Crippen LogP contribution is -2.28. The van der Waals surface area contributed by atoms with Gasteiger partial charge < -0.3 is 15.7 Å². The van der Waals surface area contributed by atoms with Crippen LogP contribution in [-0.2, 0) is 6.54 Å². The van der Waals surface area contributed by atoms with E-state index in [0.717, 1.165) is 10.9 Å². The molecule has 0 fully saturated rings. The van der Waals surface area contributed by atoms with Gasteiger partial charge in [0.25, 0.3) is 0 Å². The summed E-state index contributed by atoms with van der Waals surface area (Å²) in [6.07, 6.45) is 0. The van der Waals surface area contributed by atoms with Gasteiger partial charge in [-0.05, 0) is 29.6 Å². The maximum atomic E-state index is 13.6. The first-order valence-corrected chi connectivity index (χ1v) is 6.54. The normalized spacial score (nSPS) is 10.1. The van der Waals surface area contributed by atoms with Crippen LogP contribution in [0, 0.1) is 5.82 Å². The number of anilines is 1. The summed E-state index contributed by atoms with van der Waals surface area (Å²) in [6.45, 7) is 0.346. The summed E-state index contributed by atoms with van der Waals surface area (Å²) in [4.78, 5) is 23.2. The number of benzene rings is 1. The van der Waals surface area contributed by atoms with Crippen molar-refractivity contribution < 1.29 is 19.1 Å². The van der Waals surface area contributed by atoms with Crippen LogP contribution in [0.4, 0.5) is 14.9 Å². The number of halogens is 1. The lowest BCUT2D eigenvalue weighted by molar-refractivity contribution is 0.0696. The third-order valence-electron chi connectivity index (χ3n) is 2.47. The van der Waals surface area contributed by atoms with Gasteiger partial charge in [0.2, 0.25) is 0 Å². The minimum Gasteiger partial charge on any atom is -0.478 e. The van der Waals surface area contributed by atoms with Crippen molar-refractivity contribution >= 4 is 29.0 Å². The number of nitrogens with one attached hydrogen (secondary N) is 2. The fourth-order valence-electron chi connectivity index (χ4n) is 1.50. The Kier molecular flexibility index (Phi) is 4.31. The van der Waals surface area contributed by atoms with E-state index in [-0.39, 0.29) is 11.3 Å². The monoisotopic (exact) mass is 294 g/mol. The molecule has 7 heteroatoms. The van der Waals surface area contributed by atoms with E-state index in [1.807, 2.05) is 17.5 Å². The highest BCUT2D eigenvalue weighted by atomic mass is 32.1. The van der Waals surface area contributed by atoms with Gasteiger partial charge in [-0.1, -0.05) is 6.07 Å². The van der Waals surface area contributed by atoms with Crippen molar-refractivity contribution in [1.29, 1.82) is 0 Å². The smallest absolute Gasteiger partial charge is 0.335 e. The number of hydrogen-bond donors (Lipinski definition) is 3. The van der Waals surface area contributed by atoms with Crippen molar-refractivity contribution in [2.24, 2.45) is 0 Å². The standard InChI is InChI=1S/C13H11FN2O3S/c14-10-6-8(12(17)18)3-4-11(10)16-13(19)15-7-9-2-1-5-20-9/h1-6H,7H2,(H,17,18)(H2,15,16,19). The molecule has 1 aromatic carbocycles. The predicted molar refractivity (Wildman–Crippen MR) is 73.5 cm³/mol. The summed E-state index contributed by atoms with van der Waals surface area (Å²) < 4.78 is 13.6. The molecule has 0 aliphatic rings. The number of carbonyl (C=O) groups excluding carboxylic acids is 1. The Morgan fingerprint density at radius 2 is 2.10 bits per heavy atom. The molecule has 0 atom stereocenters. The van der Waals surface area contributed by atoms with Gasteiger partial charge in [0, 0.05) is 4.88 Å². The van der Waals surface area contributed by atoms with Gasteiger partial charge in [-0.3, -0.25) is 0 Å². The maximum Gasteiger partial charge on any atom is 0.335 e. The zero-order chi connectivity index (χ0) is 14.5. The van der Waals surface area contributed by atoms with Gasteiger partial charge >= 0.3 is 12.0 Å². The first kappa shape index (κ1) is 14.0. The summed E-state index contributed by atoms with van der Waals surface area (Å²) in [5.41, 5.74) is -0.245. The van der Waals surface area contributed by atoms with Crippen LogP contribution in [0.2, 0.25) is 0 Å². The van der Waals surface area contributed by atoms with Crippen molar-refractivity contribution in [2.45, 2.75) is 6.54 Å². The number of hydrogen-bond acceptors (Lipinski definition) is 3. The fourth-order valence-corrected chi connectivity index (χ4v) is 2.14. The number of carboxylic acid groups (broad SMARTS) is 1. The molecule has 0 bridgehead atoms. The van der Waals surface area contributed by atoms with Gasteiger partial charge in [-0.15, -0.1) is 11.3 Å². The lowest BCUT2D eigenvalue weighted by atomic mass is 10.2. The van der Waals surface area contributed by atoms with Crippen molar-refractivity contribution in [3.05, 3.63) is 52.0 Å². The average Bonchev–Trinajstić information content (AvgIpc) is 2.91. The van der Waals surface area contributed by atoms with E-state index in [1.54, 1.807) is 0 Å². The summed E-state index contributed by atoms with van der Waals surface area (Å²) in [5.74, 6) is -2.02. The molecule has 2 amide bonds. The summed E-state index contributed by atoms with van der Waals surface area (Å²) in [6, 6.07) is 6.47. The van der Waals surface area contributed by atoms with E-state index in [4.69, 9.17) is 5.11 Å². The molecule has 1 aromatic heterocycles. The molecule has 0 aliphatic carbocycles. The Balaban J connectivity index is 1.95. The molecule has 0 unspecified atom stereocenters. The second-order valence-corrected chi connectivity index (χ2v) is 4.92. The summed E-state index contributed by atoms with van der Waals surface area (Å²) in [5, 5.41) is 15.5. The molecule has 2 rings (SSSR count). The Morgan fingerprint density at radius 3 is 2.70 bits per heavy atom. The largest absolute Gasteiger partial charge is 0.478 e. The SMILES string of the molecule is O=C(NCc1cccs1)Nc1ccc(C(=O)O)cc1F. The van der Waals surface area contributed by atoms with Crippen LogP contribution in [0.15, 0.2) is 35.7 Å². The van der Waals surface area contributed by atoms with E-state index < -0.39 is 17.8 Å². The number of rotatable bonds is 4. The highest BCUT2D eigenvalue weighted by Crippen LogP contribution is 2.16. The Labute approximate surface area is 118 Å². The number of aromatic carboxylic acids is 1. The van der Waals surface area contributed by atoms with Crippen LogP contribution < -0.4 is 10.6 Å². The summed E-state index contributed by atoms with van der Waals surface area (Å²) >= 11 is 1.50. The van der Waals surface area contributed by atoms with Gasteiger partial charge in [0.15, 0.2) is 0 Å². The molecular weight excluding hydrogens is 283 g/mol. The molecule has 5 nitrogen and oxygen atoms in total. The van der Waals surface area contributed by atoms with E-state index >= 15 is 0 Å². The third kappa shape index (κ3) is 3.55. The van der Waals surface area contributed by atoms with E-state index in [9.17, 15) is 14.0 Å². The summed E-state index contributed by atoms with van der Waals surface area (Å²) in [7, 11) is 0. The van der Waals surface area contributed by atoms with Crippen LogP contribution in [0.1, 0.15) is 15.2 Å². The minimum atomic E-state index is -1.22. The van der Waals surface area contributed by atoms with Crippen molar-refractivity contribution in [3.8, 4) is 0 Å². The molecule has 0 saturated heterocycles. The minimum absolute atomic E-state index is 0.0707. The van der Waals surface area contributed by atoms with Gasteiger partial charge in [0.05, 0.1) is 17.8 Å². The number of carbonyl (C=O) groups is 2. The Bertz CT molecular complexity index is 629. The molecule has 0 aliphatic heterocycles. The van der Waals surface area contributed by atoms with E-state index in [2.05, 4.69) is 10.6 Å². The van der Waals surface area contributed by atoms with Crippen LogP contribution in [0.5, 0.6) is 0 Å². The first-order chi connectivity index (χ1) is 9.56. The second kappa shape index (κ2) is 6.16. The molecule has 0 spiro atoms. The predicted octanol–water partition coefficient (Wildman–Crippen LogP) is 2.91. The van der Waals surface area contributed by atoms with Gasteiger partial charge in [0.1, 0.15) is 5.82 Å². The molecule has 2 aromatic rings. The highest BCUT2D eigenvalue weighted by molar-refractivity contribution is 7.09. The van der Waals surface area contributed by atoms with Crippen LogP contribution in [-0.4, -0.2) is 17.1 Å². The average molecular weight is 294 g/mol. The van der Waals surface area contributed by atoms with Crippen LogP contribution >= 0.6 is 11.3 Å². The van der Waals surface area contributed by atoms with Crippen molar-refractivity contribution in [1.82, 2.24) is 5.32 Å². The molecule has 0 saturated carbocycles. The maximum absolute atomic E-state index is 13.6. The number of amides is 2. The highest BCUT2D eigenvalue weighted by Gasteiger charge is 2.10. The molecular formula is C13H11FN2O3S. The van der Waals surface area contributed by atoms with Gasteiger partial charge in [-0.2, -0.15) is 0 Å². The molecule has 20 heavy (non-hydrogen) atoms. The number of thiophene rings is 1. The molecule has 3 N–H and O–H groups in total. The zero-order valence-corrected chi connectivity index (χ0v) is 11.0. The quantitative estimate of drug-likeness (QED) is 0.811. The van der Waals surface area contributed by atoms with Crippen LogP contribution in [0.3, 0.4) is 0 Å². The van der Waals surface area contributed by atoms with E-state index in [0.29, 0.717) is 6.54 Å². The van der Waals surface area contributed by atoms with Crippen molar-refractivity contribution in [3.63, 3.8) is 0 Å². The first-order valence-electron chi connectivity index (χ1n) is 5.66. The topological polar surface area (TPSA) is 78.4 Å². The number of urea groups is 1. The Hall–Kier alpha value is -2.41.